The lowest BCUT2D eigenvalue weighted by molar-refractivity contribution is -0.207. The van der Waals surface area contributed by atoms with Crippen molar-refractivity contribution in [2.45, 2.75) is 12.3 Å². The summed E-state index contributed by atoms with van der Waals surface area (Å²) in [6.45, 7) is 0. The summed E-state index contributed by atoms with van der Waals surface area (Å²) in [5.74, 6) is -1.39. The van der Waals surface area contributed by atoms with Gasteiger partial charge in [0.05, 0.1) is 5.02 Å². The zero-order valence-corrected chi connectivity index (χ0v) is 7.27. The molecule has 1 aromatic rings. The van der Waals surface area contributed by atoms with Gasteiger partial charge in [-0.15, -0.1) is 0 Å². The van der Waals surface area contributed by atoms with Gasteiger partial charge in [0.1, 0.15) is 0 Å². The molecule has 0 spiro atoms. The number of aromatic nitrogens is 1. The molecule has 0 amide bonds. The predicted octanol–water partition coefficient (Wildman–Crippen LogP) is 2.47. The van der Waals surface area contributed by atoms with Gasteiger partial charge in [0.2, 0.25) is 5.95 Å². The Morgan fingerprint density at radius 2 is 2.00 bits per heavy atom. The van der Waals surface area contributed by atoms with Gasteiger partial charge in [-0.25, -0.2) is 4.98 Å². The lowest BCUT2D eigenvalue weighted by Gasteiger charge is -2.14. The van der Waals surface area contributed by atoms with E-state index in [1.54, 1.807) is 0 Å². The highest BCUT2D eigenvalue weighted by Crippen LogP contribution is 2.33. The Morgan fingerprint density at radius 3 is 2.50 bits per heavy atom. The molecule has 1 heterocycles. The predicted molar refractivity (Wildman–Crippen MR) is 40.2 cm³/mol. The van der Waals surface area contributed by atoms with Crippen molar-refractivity contribution < 1.29 is 22.7 Å². The molecule has 1 rings (SSSR count). The lowest BCUT2D eigenvalue weighted by atomic mass is 10.1. The maximum atomic E-state index is 12.7. The standard InChI is InChI=1S/C7H4ClF4NO/c8-3-1-4(6(9)13-2-3)5(14)7(10,11)12/h1-2,5,14H. The largest absolute Gasteiger partial charge is 0.418 e. The number of rotatable bonds is 1. The Labute approximate surface area is 81.1 Å². The molecule has 0 aliphatic carbocycles. The molecule has 1 unspecified atom stereocenters. The number of halogens is 5. The van der Waals surface area contributed by atoms with Crippen molar-refractivity contribution in [3.05, 3.63) is 28.8 Å². The quantitative estimate of drug-likeness (QED) is 0.593. The van der Waals surface area contributed by atoms with E-state index in [0.717, 1.165) is 6.20 Å². The van der Waals surface area contributed by atoms with Crippen LogP contribution in [-0.2, 0) is 0 Å². The highest BCUT2D eigenvalue weighted by molar-refractivity contribution is 6.30. The topological polar surface area (TPSA) is 33.1 Å². The van der Waals surface area contributed by atoms with E-state index < -0.39 is 23.8 Å². The summed E-state index contributed by atoms with van der Waals surface area (Å²) in [5, 5.41) is 8.52. The molecule has 0 fully saturated rings. The fraction of sp³-hybridized carbons (Fsp3) is 0.286. The van der Waals surface area contributed by atoms with Crippen molar-refractivity contribution in [3.63, 3.8) is 0 Å². The summed E-state index contributed by atoms with van der Waals surface area (Å²) in [7, 11) is 0. The van der Waals surface area contributed by atoms with Crippen molar-refractivity contribution in [2.75, 3.05) is 0 Å². The van der Waals surface area contributed by atoms with Crippen molar-refractivity contribution in [1.82, 2.24) is 4.98 Å². The van der Waals surface area contributed by atoms with Crippen LogP contribution in [0.4, 0.5) is 17.6 Å². The van der Waals surface area contributed by atoms with Gasteiger partial charge in [-0.05, 0) is 6.07 Å². The van der Waals surface area contributed by atoms with Crippen LogP contribution in [0.5, 0.6) is 0 Å². The SMILES string of the molecule is OC(c1cc(Cl)cnc1F)C(F)(F)F. The summed E-state index contributed by atoms with van der Waals surface area (Å²) in [4.78, 5) is 2.95. The maximum absolute atomic E-state index is 12.7. The fourth-order valence-corrected chi connectivity index (χ4v) is 0.973. The number of aliphatic hydroxyl groups is 1. The lowest BCUT2D eigenvalue weighted by Crippen LogP contribution is -2.21. The monoisotopic (exact) mass is 229 g/mol. The van der Waals surface area contributed by atoms with Gasteiger partial charge >= 0.3 is 6.18 Å². The minimum Gasteiger partial charge on any atom is -0.379 e. The third-order valence-corrected chi connectivity index (χ3v) is 1.64. The number of alkyl halides is 3. The molecule has 14 heavy (non-hydrogen) atoms. The van der Waals surface area contributed by atoms with Crippen LogP contribution < -0.4 is 0 Å². The van der Waals surface area contributed by atoms with Gasteiger partial charge in [0, 0.05) is 11.8 Å². The smallest absolute Gasteiger partial charge is 0.379 e. The highest BCUT2D eigenvalue weighted by atomic mass is 35.5. The number of hydrogen-bond donors (Lipinski definition) is 1. The molecule has 7 heteroatoms. The Hall–Kier alpha value is -0.880. The molecule has 0 aromatic carbocycles. The summed E-state index contributed by atoms with van der Waals surface area (Å²) >= 11 is 5.30. The number of pyridine rings is 1. The zero-order valence-electron chi connectivity index (χ0n) is 6.52. The molecule has 1 atom stereocenters. The third kappa shape index (κ3) is 2.33. The van der Waals surface area contributed by atoms with Crippen LogP contribution >= 0.6 is 11.6 Å². The first-order chi connectivity index (χ1) is 6.32. The summed E-state index contributed by atoms with van der Waals surface area (Å²) < 4.78 is 48.6. The van der Waals surface area contributed by atoms with Crippen molar-refractivity contribution >= 4 is 11.6 Å². The molecule has 0 bridgehead atoms. The molecule has 0 saturated heterocycles. The van der Waals surface area contributed by atoms with E-state index in [9.17, 15) is 17.6 Å². The van der Waals surface area contributed by atoms with Gasteiger partial charge in [-0.1, -0.05) is 11.6 Å². The van der Waals surface area contributed by atoms with Gasteiger partial charge in [0.15, 0.2) is 6.10 Å². The van der Waals surface area contributed by atoms with Crippen LogP contribution in [0.3, 0.4) is 0 Å². The first-order valence-electron chi connectivity index (χ1n) is 3.38. The van der Waals surface area contributed by atoms with Crippen molar-refractivity contribution in [3.8, 4) is 0 Å². The van der Waals surface area contributed by atoms with Crippen molar-refractivity contribution in [1.29, 1.82) is 0 Å². The molecule has 0 aliphatic heterocycles. The molecular weight excluding hydrogens is 226 g/mol. The summed E-state index contributed by atoms with van der Waals surface area (Å²) in [6.07, 6.45) is -7.00. The molecule has 2 nitrogen and oxygen atoms in total. The molecule has 78 valence electrons. The van der Waals surface area contributed by atoms with E-state index in [2.05, 4.69) is 4.98 Å². The number of hydrogen-bond acceptors (Lipinski definition) is 2. The van der Waals surface area contributed by atoms with Crippen LogP contribution in [0.2, 0.25) is 5.02 Å². The second-order valence-electron chi connectivity index (χ2n) is 2.48. The Balaban J connectivity index is 3.12. The summed E-state index contributed by atoms with van der Waals surface area (Å²) in [5.41, 5.74) is -0.981. The van der Waals surface area contributed by atoms with Gasteiger partial charge in [-0.3, -0.25) is 0 Å². The second-order valence-corrected chi connectivity index (χ2v) is 2.91. The normalized spacial score (nSPS) is 14.1. The Kier molecular flexibility index (Phi) is 2.96. The zero-order chi connectivity index (χ0) is 10.9. The third-order valence-electron chi connectivity index (χ3n) is 1.44. The molecule has 1 N–H and O–H groups in total. The van der Waals surface area contributed by atoms with Crippen LogP contribution in [-0.4, -0.2) is 16.3 Å². The molecule has 0 saturated carbocycles. The number of nitrogens with zero attached hydrogens (tertiary/aromatic N) is 1. The van der Waals surface area contributed by atoms with E-state index in [4.69, 9.17) is 16.7 Å². The maximum Gasteiger partial charge on any atom is 0.418 e. The Morgan fingerprint density at radius 1 is 1.43 bits per heavy atom. The molecule has 0 radical (unpaired) electrons. The fourth-order valence-electron chi connectivity index (χ4n) is 0.806. The van der Waals surface area contributed by atoms with E-state index in [0.29, 0.717) is 6.07 Å². The molecule has 0 aliphatic rings. The van der Waals surface area contributed by atoms with E-state index >= 15 is 0 Å². The van der Waals surface area contributed by atoms with E-state index in [1.807, 2.05) is 0 Å². The van der Waals surface area contributed by atoms with Gasteiger partial charge in [0.25, 0.3) is 0 Å². The summed E-state index contributed by atoms with van der Waals surface area (Å²) in [6, 6.07) is 0.683. The van der Waals surface area contributed by atoms with Crippen LogP contribution in [0.1, 0.15) is 11.7 Å². The minimum atomic E-state index is -4.94. The van der Waals surface area contributed by atoms with E-state index in [-0.39, 0.29) is 5.02 Å². The Bertz CT molecular complexity index is 341. The number of aliphatic hydroxyl groups excluding tert-OH is 1. The minimum absolute atomic E-state index is 0.176. The molecular formula is C7H4ClF4NO. The average Bonchev–Trinajstić information content (AvgIpc) is 2.06. The van der Waals surface area contributed by atoms with Gasteiger partial charge < -0.3 is 5.11 Å². The second kappa shape index (κ2) is 3.70. The van der Waals surface area contributed by atoms with Gasteiger partial charge in [-0.2, -0.15) is 17.6 Å². The van der Waals surface area contributed by atoms with Crippen LogP contribution in [0, 0.1) is 5.95 Å². The molecule has 1 aromatic heterocycles. The van der Waals surface area contributed by atoms with Crippen LogP contribution in [0.15, 0.2) is 12.3 Å². The van der Waals surface area contributed by atoms with E-state index in [1.165, 1.54) is 0 Å². The van der Waals surface area contributed by atoms with Crippen LogP contribution in [0.25, 0.3) is 0 Å². The first-order valence-corrected chi connectivity index (χ1v) is 3.76. The first kappa shape index (κ1) is 11.2. The highest BCUT2D eigenvalue weighted by Gasteiger charge is 2.41. The average molecular weight is 230 g/mol. The van der Waals surface area contributed by atoms with Crippen molar-refractivity contribution in [2.24, 2.45) is 0 Å².